The van der Waals surface area contributed by atoms with Gasteiger partial charge in [-0.15, -0.1) is 4.73 Å². The second kappa shape index (κ2) is 16.5. The molecule has 0 bridgehead atoms. The smallest absolute Gasteiger partial charge is 0.338 e. The molecule has 0 fully saturated rings. The molecule has 0 radical (unpaired) electrons. The summed E-state index contributed by atoms with van der Waals surface area (Å²) >= 11 is 0. The number of amides is 1. The summed E-state index contributed by atoms with van der Waals surface area (Å²) in [5.41, 5.74) is 1.33. The first-order valence-electron chi connectivity index (χ1n) is 13.9. The van der Waals surface area contributed by atoms with Gasteiger partial charge in [0.05, 0.1) is 5.56 Å². The van der Waals surface area contributed by atoms with Crippen LogP contribution in [0.25, 0.3) is 0 Å². The molecule has 0 spiro atoms. The van der Waals surface area contributed by atoms with Crippen LogP contribution in [0.3, 0.4) is 0 Å². The molecule has 0 aliphatic rings. The number of aromatic hydroxyl groups is 2. The molecule has 0 saturated heterocycles. The van der Waals surface area contributed by atoms with Gasteiger partial charge in [-0.05, 0) is 64.2 Å². The van der Waals surface area contributed by atoms with E-state index in [0.717, 1.165) is 32.1 Å². The Kier molecular flexibility index (Phi) is 13.4. The molecule has 39 heavy (non-hydrogen) atoms. The van der Waals surface area contributed by atoms with Gasteiger partial charge < -0.3 is 25.1 Å². The summed E-state index contributed by atoms with van der Waals surface area (Å²) < 4.78 is 6.05. The largest absolute Gasteiger partial charge is 0.492 e. The third-order valence-corrected chi connectivity index (χ3v) is 6.08. The first kappa shape index (κ1) is 31.7. The van der Waals surface area contributed by atoms with E-state index in [4.69, 9.17) is 9.57 Å². The highest BCUT2D eigenvalue weighted by molar-refractivity contribution is 5.89. The van der Waals surface area contributed by atoms with E-state index in [1.807, 2.05) is 45.0 Å². The maximum Gasteiger partial charge on any atom is 0.338 e. The Morgan fingerprint density at radius 3 is 1.92 bits per heavy atom. The third-order valence-electron chi connectivity index (χ3n) is 6.08. The molecule has 1 aromatic heterocycles. The lowest BCUT2D eigenvalue weighted by Gasteiger charge is -2.19. The minimum Gasteiger partial charge on any atom is -0.492 e. The van der Waals surface area contributed by atoms with Crippen molar-refractivity contribution in [3.8, 4) is 11.8 Å². The minimum atomic E-state index is -0.611. The SMILES string of the molecule is CC(C)(C)OC(=O)c1ccc(CCCCCCCCCCC(=O)NCCCC(=O)On2c(O)ccc2O)cc1. The highest BCUT2D eigenvalue weighted by Crippen LogP contribution is 2.19. The predicted octanol–water partition coefficient (Wildman–Crippen LogP) is 5.46. The number of hydrogen-bond acceptors (Lipinski definition) is 7. The minimum absolute atomic E-state index is 0.0248. The van der Waals surface area contributed by atoms with Crippen LogP contribution < -0.4 is 10.2 Å². The van der Waals surface area contributed by atoms with Crippen molar-refractivity contribution in [2.45, 2.75) is 103 Å². The maximum absolute atomic E-state index is 12.1. The lowest BCUT2D eigenvalue weighted by Crippen LogP contribution is -2.25. The highest BCUT2D eigenvalue weighted by Gasteiger charge is 2.17. The van der Waals surface area contributed by atoms with Gasteiger partial charge in [-0.2, -0.15) is 0 Å². The van der Waals surface area contributed by atoms with Crippen molar-refractivity contribution in [1.82, 2.24) is 10.0 Å². The molecule has 1 heterocycles. The van der Waals surface area contributed by atoms with Gasteiger partial charge >= 0.3 is 11.9 Å². The molecule has 1 aromatic carbocycles. The summed E-state index contributed by atoms with van der Waals surface area (Å²) in [6, 6.07) is 10.1. The summed E-state index contributed by atoms with van der Waals surface area (Å²) in [6.07, 6.45) is 10.8. The van der Waals surface area contributed by atoms with E-state index in [9.17, 15) is 24.6 Å². The molecule has 3 N–H and O–H groups in total. The molecule has 0 atom stereocenters. The van der Waals surface area contributed by atoms with Gasteiger partial charge in [0.15, 0.2) is 0 Å². The lowest BCUT2D eigenvalue weighted by atomic mass is 10.0. The maximum atomic E-state index is 12.1. The predicted molar refractivity (Wildman–Crippen MR) is 148 cm³/mol. The second-order valence-corrected chi connectivity index (χ2v) is 10.8. The van der Waals surface area contributed by atoms with Crippen LogP contribution in [0, 0.1) is 0 Å². The zero-order valence-corrected chi connectivity index (χ0v) is 23.5. The van der Waals surface area contributed by atoms with Gasteiger partial charge in [-0.1, -0.05) is 50.7 Å². The topological polar surface area (TPSA) is 127 Å². The Bertz CT molecular complexity index is 1020. The number of carbonyl (C=O) groups excluding carboxylic acids is 3. The summed E-state index contributed by atoms with van der Waals surface area (Å²) in [7, 11) is 0. The van der Waals surface area contributed by atoms with Crippen LogP contribution in [0.4, 0.5) is 0 Å². The van der Waals surface area contributed by atoms with Crippen LogP contribution in [-0.2, 0) is 20.7 Å². The quantitative estimate of drug-likeness (QED) is 0.178. The molecule has 216 valence electrons. The van der Waals surface area contributed by atoms with Crippen molar-refractivity contribution in [1.29, 1.82) is 0 Å². The molecule has 0 saturated carbocycles. The number of esters is 1. The lowest BCUT2D eigenvalue weighted by molar-refractivity contribution is -0.145. The van der Waals surface area contributed by atoms with E-state index in [0.29, 0.717) is 29.7 Å². The fraction of sp³-hybridized carbons (Fsp3) is 0.567. The average molecular weight is 545 g/mol. The number of carbonyl (C=O) groups is 3. The Labute approximate surface area is 231 Å². The first-order chi connectivity index (χ1) is 18.5. The van der Waals surface area contributed by atoms with Crippen LogP contribution in [0.15, 0.2) is 36.4 Å². The molecule has 9 nitrogen and oxygen atoms in total. The van der Waals surface area contributed by atoms with E-state index < -0.39 is 11.6 Å². The van der Waals surface area contributed by atoms with Crippen molar-refractivity contribution in [2.24, 2.45) is 0 Å². The van der Waals surface area contributed by atoms with Crippen LogP contribution in [-0.4, -0.2) is 44.9 Å². The molecule has 2 rings (SSSR count). The molecule has 9 heteroatoms. The summed E-state index contributed by atoms with van der Waals surface area (Å²) in [5, 5.41) is 21.7. The monoisotopic (exact) mass is 544 g/mol. The number of ether oxygens (including phenoxy) is 1. The van der Waals surface area contributed by atoms with E-state index in [1.54, 1.807) is 0 Å². The van der Waals surface area contributed by atoms with Crippen LogP contribution in [0.1, 0.15) is 107 Å². The van der Waals surface area contributed by atoms with Crippen molar-refractivity contribution in [3.05, 3.63) is 47.5 Å². The van der Waals surface area contributed by atoms with Gasteiger partial charge in [0.25, 0.3) is 0 Å². The van der Waals surface area contributed by atoms with Crippen molar-refractivity contribution in [2.75, 3.05) is 6.54 Å². The Balaban J connectivity index is 1.41. The zero-order chi connectivity index (χ0) is 28.7. The number of unbranched alkanes of at least 4 members (excludes halogenated alkanes) is 7. The number of benzene rings is 1. The van der Waals surface area contributed by atoms with Gasteiger partial charge in [0.2, 0.25) is 17.7 Å². The highest BCUT2D eigenvalue weighted by atomic mass is 16.7. The van der Waals surface area contributed by atoms with E-state index in [2.05, 4.69) is 5.32 Å². The molecular formula is C30H44N2O7. The number of aryl methyl sites for hydroxylation is 1. The first-order valence-corrected chi connectivity index (χ1v) is 13.9. The Hall–Kier alpha value is -3.49. The summed E-state index contributed by atoms with van der Waals surface area (Å²) in [4.78, 5) is 40.6. The summed E-state index contributed by atoms with van der Waals surface area (Å²) in [5.74, 6) is -1.66. The number of nitrogens with zero attached hydrogens (tertiary/aromatic N) is 1. The van der Waals surface area contributed by atoms with Gasteiger partial charge in [0, 0.05) is 31.5 Å². The van der Waals surface area contributed by atoms with E-state index in [1.165, 1.54) is 43.4 Å². The van der Waals surface area contributed by atoms with Gasteiger partial charge in [-0.3, -0.25) is 4.79 Å². The van der Waals surface area contributed by atoms with Crippen molar-refractivity contribution >= 4 is 17.8 Å². The van der Waals surface area contributed by atoms with Crippen molar-refractivity contribution in [3.63, 3.8) is 0 Å². The van der Waals surface area contributed by atoms with Crippen molar-refractivity contribution < 1.29 is 34.2 Å². The fourth-order valence-corrected chi connectivity index (χ4v) is 4.01. The van der Waals surface area contributed by atoms with Crippen LogP contribution in [0.2, 0.25) is 0 Å². The number of aromatic nitrogens is 1. The molecule has 2 aromatic rings. The standard InChI is InChI=1S/C30H44N2O7/c1-30(2,3)38-29(37)24-18-16-23(17-19-24)13-10-8-6-4-5-7-9-11-14-25(33)31-22-12-15-28(36)39-32-26(34)20-21-27(32)35/h16-21,34-35H,4-15,22H2,1-3H3,(H,31,33). The molecule has 0 aliphatic carbocycles. The van der Waals surface area contributed by atoms with Crippen LogP contribution in [0.5, 0.6) is 11.8 Å². The Morgan fingerprint density at radius 1 is 0.769 bits per heavy atom. The number of hydrogen-bond donors (Lipinski definition) is 3. The van der Waals surface area contributed by atoms with Gasteiger partial charge in [-0.25, -0.2) is 9.59 Å². The third kappa shape index (κ3) is 13.2. The average Bonchev–Trinajstić information content (AvgIpc) is 3.19. The number of rotatable bonds is 17. The van der Waals surface area contributed by atoms with Gasteiger partial charge in [0.1, 0.15) is 5.60 Å². The van der Waals surface area contributed by atoms with E-state index in [-0.39, 0.29) is 30.1 Å². The Morgan fingerprint density at radius 2 is 1.33 bits per heavy atom. The zero-order valence-electron chi connectivity index (χ0n) is 23.5. The molecule has 1 amide bonds. The summed E-state index contributed by atoms with van der Waals surface area (Å²) in [6.45, 7) is 5.96. The molecule has 0 aliphatic heterocycles. The molecular weight excluding hydrogens is 500 g/mol. The van der Waals surface area contributed by atoms with Crippen LogP contribution >= 0.6 is 0 Å². The van der Waals surface area contributed by atoms with E-state index >= 15 is 0 Å². The number of nitrogens with one attached hydrogen (secondary N) is 1. The normalized spacial score (nSPS) is 11.3. The fourth-order valence-electron chi connectivity index (χ4n) is 4.01. The molecule has 0 unspecified atom stereocenters. The second-order valence-electron chi connectivity index (χ2n) is 10.8.